The first-order chi connectivity index (χ1) is 7.06. The predicted octanol–water partition coefficient (Wildman–Crippen LogP) is 0.811. The van der Waals surface area contributed by atoms with E-state index in [4.69, 9.17) is 0 Å². The van der Waals surface area contributed by atoms with E-state index in [9.17, 15) is 13.6 Å². The Morgan fingerprint density at radius 2 is 2.00 bits per heavy atom. The highest BCUT2D eigenvalue weighted by molar-refractivity contribution is 5.70. The van der Waals surface area contributed by atoms with Crippen LogP contribution in [0, 0.1) is 11.6 Å². The van der Waals surface area contributed by atoms with Gasteiger partial charge in [-0.15, -0.1) is 0 Å². The van der Waals surface area contributed by atoms with Crippen LogP contribution in [-0.4, -0.2) is 13.1 Å². The lowest BCUT2D eigenvalue weighted by Crippen LogP contribution is -2.55. The number of ether oxygens (including phenoxy) is 1. The van der Waals surface area contributed by atoms with Crippen molar-refractivity contribution in [3.63, 3.8) is 0 Å². The summed E-state index contributed by atoms with van der Waals surface area (Å²) in [6.45, 7) is 0. The second kappa shape index (κ2) is 4.84. The molecular weight excluding hydrogens is 204 g/mol. The van der Waals surface area contributed by atoms with Crippen molar-refractivity contribution in [1.29, 1.82) is 0 Å². The lowest BCUT2D eigenvalue weighted by atomic mass is 10.0. The first-order valence-electron chi connectivity index (χ1n) is 4.40. The molecule has 82 valence electrons. The topological polar surface area (TPSA) is 53.9 Å². The number of rotatable bonds is 3. The summed E-state index contributed by atoms with van der Waals surface area (Å²) >= 11 is 0. The van der Waals surface area contributed by atoms with E-state index >= 15 is 0 Å². The zero-order chi connectivity index (χ0) is 11.4. The van der Waals surface area contributed by atoms with Crippen molar-refractivity contribution in [1.82, 2.24) is 0 Å². The van der Waals surface area contributed by atoms with Crippen molar-refractivity contribution in [2.45, 2.75) is 12.5 Å². The van der Waals surface area contributed by atoms with Crippen LogP contribution in [0.5, 0.6) is 0 Å². The Bertz CT molecular complexity index is 348. The fourth-order valence-electron chi connectivity index (χ4n) is 1.29. The maximum absolute atomic E-state index is 13.2. The minimum absolute atomic E-state index is 0.144. The van der Waals surface area contributed by atoms with Crippen molar-refractivity contribution < 1.29 is 24.0 Å². The lowest BCUT2D eigenvalue weighted by molar-refractivity contribution is -0.426. The van der Waals surface area contributed by atoms with Crippen LogP contribution in [0.3, 0.4) is 0 Å². The third kappa shape index (κ3) is 2.73. The SMILES string of the molecule is COC(=O)C[C@@H]([NH3+])c1c(F)cccc1F. The first kappa shape index (κ1) is 11.6. The molecule has 0 saturated heterocycles. The highest BCUT2D eigenvalue weighted by Crippen LogP contribution is 2.20. The molecule has 1 aromatic carbocycles. The van der Waals surface area contributed by atoms with Crippen molar-refractivity contribution in [3.05, 3.63) is 35.4 Å². The molecule has 0 fully saturated rings. The highest BCUT2D eigenvalue weighted by Gasteiger charge is 2.22. The molecule has 0 amide bonds. The predicted molar refractivity (Wildman–Crippen MR) is 48.6 cm³/mol. The Morgan fingerprint density at radius 1 is 1.47 bits per heavy atom. The van der Waals surface area contributed by atoms with Gasteiger partial charge in [-0.2, -0.15) is 0 Å². The van der Waals surface area contributed by atoms with E-state index in [0.29, 0.717) is 0 Å². The third-order valence-corrected chi connectivity index (χ3v) is 2.05. The smallest absolute Gasteiger partial charge is 0.311 e. The maximum Gasteiger partial charge on any atom is 0.311 e. The summed E-state index contributed by atoms with van der Waals surface area (Å²) in [7, 11) is 1.22. The molecule has 1 aromatic rings. The third-order valence-electron chi connectivity index (χ3n) is 2.05. The molecule has 0 aliphatic carbocycles. The molecule has 0 radical (unpaired) electrons. The number of carbonyl (C=O) groups is 1. The minimum Gasteiger partial charge on any atom is -0.469 e. The molecule has 1 rings (SSSR count). The van der Waals surface area contributed by atoms with Crippen molar-refractivity contribution in [2.24, 2.45) is 0 Å². The average Bonchev–Trinajstić information content (AvgIpc) is 2.17. The van der Waals surface area contributed by atoms with Crippen LogP contribution in [0.1, 0.15) is 18.0 Å². The molecule has 0 saturated carbocycles. The summed E-state index contributed by atoms with van der Waals surface area (Å²) in [6, 6.07) is 2.75. The van der Waals surface area contributed by atoms with E-state index in [2.05, 4.69) is 10.5 Å². The Labute approximate surface area is 85.8 Å². The number of carbonyl (C=O) groups excluding carboxylic acids is 1. The van der Waals surface area contributed by atoms with Crippen molar-refractivity contribution >= 4 is 5.97 Å². The van der Waals surface area contributed by atoms with Gasteiger partial charge in [-0.1, -0.05) is 6.07 Å². The standard InChI is InChI=1S/C10H11F2NO2/c1-15-9(14)5-8(13)10-6(11)3-2-4-7(10)12/h2-4,8H,5,13H2,1H3/p+1/t8-/m1/s1. The molecule has 5 heteroatoms. The second-order valence-electron chi connectivity index (χ2n) is 3.11. The lowest BCUT2D eigenvalue weighted by Gasteiger charge is -2.09. The number of halogens is 2. The molecule has 3 N–H and O–H groups in total. The van der Waals surface area contributed by atoms with Gasteiger partial charge in [0.25, 0.3) is 0 Å². The highest BCUT2D eigenvalue weighted by atomic mass is 19.1. The molecule has 0 aromatic heterocycles. The molecule has 3 nitrogen and oxygen atoms in total. The minimum atomic E-state index is -0.779. The fraction of sp³-hybridized carbons (Fsp3) is 0.300. The zero-order valence-electron chi connectivity index (χ0n) is 8.30. The number of hydrogen-bond donors (Lipinski definition) is 1. The number of hydrogen-bond acceptors (Lipinski definition) is 2. The van der Waals surface area contributed by atoms with Gasteiger partial charge in [0.1, 0.15) is 24.1 Å². The van der Waals surface area contributed by atoms with Crippen LogP contribution in [-0.2, 0) is 9.53 Å². The van der Waals surface area contributed by atoms with Gasteiger partial charge in [0.2, 0.25) is 0 Å². The van der Waals surface area contributed by atoms with E-state index < -0.39 is 23.6 Å². The summed E-state index contributed by atoms with van der Waals surface area (Å²) in [5.74, 6) is -1.93. The Kier molecular flexibility index (Phi) is 3.74. The Morgan fingerprint density at radius 3 is 2.47 bits per heavy atom. The van der Waals surface area contributed by atoms with Crippen LogP contribution in [0.2, 0.25) is 0 Å². The number of benzene rings is 1. The summed E-state index contributed by atoms with van der Waals surface area (Å²) < 4.78 is 30.8. The average molecular weight is 216 g/mol. The van der Waals surface area contributed by atoms with Crippen LogP contribution in [0.15, 0.2) is 18.2 Å². The van der Waals surface area contributed by atoms with E-state index in [1.165, 1.54) is 13.2 Å². The summed E-state index contributed by atoms with van der Waals surface area (Å²) in [5, 5.41) is 0. The van der Waals surface area contributed by atoms with Crippen molar-refractivity contribution in [2.75, 3.05) is 7.11 Å². The van der Waals surface area contributed by atoms with Gasteiger partial charge in [0, 0.05) is 0 Å². The molecule has 0 bridgehead atoms. The van der Waals surface area contributed by atoms with Gasteiger partial charge in [0.15, 0.2) is 0 Å². The van der Waals surface area contributed by atoms with Gasteiger partial charge in [-0.3, -0.25) is 4.79 Å². The number of quaternary nitrogens is 1. The molecular formula is C10H12F2NO2+. The normalized spacial score (nSPS) is 12.3. The molecule has 0 aliphatic heterocycles. The van der Waals surface area contributed by atoms with Gasteiger partial charge in [-0.05, 0) is 12.1 Å². The van der Waals surface area contributed by atoms with Crippen LogP contribution < -0.4 is 5.73 Å². The molecule has 0 heterocycles. The first-order valence-corrected chi connectivity index (χ1v) is 4.40. The molecule has 0 aliphatic rings. The molecule has 0 unspecified atom stereocenters. The summed E-state index contributed by atoms with van der Waals surface area (Å²) in [4.78, 5) is 10.9. The second-order valence-corrected chi connectivity index (χ2v) is 3.11. The zero-order valence-corrected chi connectivity index (χ0v) is 8.30. The van der Waals surface area contributed by atoms with Crippen LogP contribution in [0.25, 0.3) is 0 Å². The fourth-order valence-corrected chi connectivity index (χ4v) is 1.29. The van der Waals surface area contributed by atoms with Crippen molar-refractivity contribution in [3.8, 4) is 0 Å². The van der Waals surface area contributed by atoms with E-state index in [1.807, 2.05) is 0 Å². The van der Waals surface area contributed by atoms with Gasteiger partial charge < -0.3 is 10.5 Å². The van der Waals surface area contributed by atoms with Crippen LogP contribution in [0.4, 0.5) is 8.78 Å². The van der Waals surface area contributed by atoms with E-state index in [-0.39, 0.29) is 12.0 Å². The monoisotopic (exact) mass is 216 g/mol. The van der Waals surface area contributed by atoms with E-state index in [0.717, 1.165) is 12.1 Å². The van der Waals surface area contributed by atoms with Gasteiger partial charge in [0.05, 0.1) is 12.7 Å². The Hall–Kier alpha value is -1.49. The Balaban J connectivity index is 2.90. The summed E-state index contributed by atoms with van der Waals surface area (Å²) in [5.41, 5.74) is 3.36. The molecule has 1 atom stereocenters. The number of esters is 1. The summed E-state index contributed by atoms with van der Waals surface area (Å²) in [6.07, 6.45) is -0.144. The number of methoxy groups -OCH3 is 1. The van der Waals surface area contributed by atoms with E-state index in [1.54, 1.807) is 0 Å². The maximum atomic E-state index is 13.2. The molecule has 0 spiro atoms. The molecule has 15 heavy (non-hydrogen) atoms. The van der Waals surface area contributed by atoms with Gasteiger partial charge in [-0.25, -0.2) is 8.78 Å². The van der Waals surface area contributed by atoms with Gasteiger partial charge >= 0.3 is 5.97 Å². The van der Waals surface area contributed by atoms with Crippen LogP contribution >= 0.6 is 0 Å². The quantitative estimate of drug-likeness (QED) is 0.760. The largest absolute Gasteiger partial charge is 0.469 e.